The molecule has 0 saturated heterocycles. The van der Waals surface area contributed by atoms with Gasteiger partial charge in [0.25, 0.3) is 0 Å². The number of aryl methyl sites for hydroxylation is 1. The van der Waals surface area contributed by atoms with Gasteiger partial charge in [0.2, 0.25) is 0 Å². The maximum Gasteiger partial charge on any atom is 0.303 e. The summed E-state index contributed by atoms with van der Waals surface area (Å²) in [4.78, 5) is 10.7. The maximum absolute atomic E-state index is 10.7. The SMILES string of the molecule is COc1ccc(-n2ncc(CCC(=O)O)c2C)cc1OC. The Labute approximate surface area is 122 Å². The van der Waals surface area contributed by atoms with Gasteiger partial charge >= 0.3 is 5.97 Å². The van der Waals surface area contributed by atoms with E-state index >= 15 is 0 Å². The quantitative estimate of drug-likeness (QED) is 0.883. The molecule has 1 heterocycles. The molecule has 0 aliphatic carbocycles. The van der Waals surface area contributed by atoms with Crippen molar-refractivity contribution in [3.05, 3.63) is 35.7 Å². The van der Waals surface area contributed by atoms with Gasteiger partial charge in [-0.2, -0.15) is 5.10 Å². The van der Waals surface area contributed by atoms with Gasteiger partial charge in [-0.1, -0.05) is 0 Å². The number of benzene rings is 1. The van der Waals surface area contributed by atoms with Gasteiger partial charge in [0.1, 0.15) is 0 Å². The highest BCUT2D eigenvalue weighted by Crippen LogP contribution is 2.29. The number of carbonyl (C=O) groups is 1. The molecule has 0 aliphatic rings. The maximum atomic E-state index is 10.7. The van der Waals surface area contributed by atoms with Crippen molar-refractivity contribution in [3.63, 3.8) is 0 Å². The van der Waals surface area contributed by atoms with Crippen LogP contribution >= 0.6 is 0 Å². The van der Waals surface area contributed by atoms with E-state index in [4.69, 9.17) is 14.6 Å². The number of ether oxygens (including phenoxy) is 2. The van der Waals surface area contributed by atoms with Crippen LogP contribution in [0.25, 0.3) is 5.69 Å². The molecule has 0 aliphatic heterocycles. The molecule has 2 rings (SSSR count). The fourth-order valence-electron chi connectivity index (χ4n) is 2.15. The van der Waals surface area contributed by atoms with Crippen molar-refractivity contribution in [2.75, 3.05) is 14.2 Å². The van der Waals surface area contributed by atoms with E-state index in [1.54, 1.807) is 25.1 Å². The average Bonchev–Trinajstić information content (AvgIpc) is 2.85. The van der Waals surface area contributed by atoms with E-state index in [0.29, 0.717) is 17.9 Å². The highest BCUT2D eigenvalue weighted by Gasteiger charge is 2.12. The third-order valence-electron chi connectivity index (χ3n) is 3.33. The zero-order valence-corrected chi connectivity index (χ0v) is 12.3. The lowest BCUT2D eigenvalue weighted by Crippen LogP contribution is -2.02. The van der Waals surface area contributed by atoms with E-state index in [0.717, 1.165) is 16.9 Å². The first-order chi connectivity index (χ1) is 10.1. The van der Waals surface area contributed by atoms with E-state index in [9.17, 15) is 4.79 Å². The van der Waals surface area contributed by atoms with Crippen molar-refractivity contribution in [3.8, 4) is 17.2 Å². The van der Waals surface area contributed by atoms with Crippen LogP contribution in [0, 0.1) is 6.92 Å². The van der Waals surface area contributed by atoms with Crippen molar-refractivity contribution >= 4 is 5.97 Å². The first-order valence-electron chi connectivity index (χ1n) is 6.54. The number of nitrogens with zero attached hydrogens (tertiary/aromatic N) is 2. The Kier molecular flexibility index (Phi) is 4.47. The molecule has 2 aromatic rings. The zero-order chi connectivity index (χ0) is 15.4. The number of hydrogen-bond donors (Lipinski definition) is 1. The molecule has 1 N–H and O–H groups in total. The van der Waals surface area contributed by atoms with Crippen LogP contribution in [0.1, 0.15) is 17.7 Å². The molecule has 1 aromatic heterocycles. The second-order valence-corrected chi connectivity index (χ2v) is 4.60. The van der Waals surface area contributed by atoms with Gasteiger partial charge in [0.15, 0.2) is 11.5 Å². The smallest absolute Gasteiger partial charge is 0.303 e. The van der Waals surface area contributed by atoms with Crippen LogP contribution in [-0.2, 0) is 11.2 Å². The Balaban J connectivity index is 2.32. The van der Waals surface area contributed by atoms with Crippen LogP contribution in [0.5, 0.6) is 11.5 Å². The predicted molar refractivity (Wildman–Crippen MR) is 77.4 cm³/mol. The Morgan fingerprint density at radius 3 is 2.62 bits per heavy atom. The van der Waals surface area contributed by atoms with Crippen LogP contribution < -0.4 is 9.47 Å². The summed E-state index contributed by atoms with van der Waals surface area (Å²) >= 11 is 0. The van der Waals surface area contributed by atoms with Gasteiger partial charge in [-0.15, -0.1) is 0 Å². The van der Waals surface area contributed by atoms with Crippen LogP contribution in [0.2, 0.25) is 0 Å². The number of rotatable bonds is 6. The lowest BCUT2D eigenvalue weighted by Gasteiger charge is -2.11. The van der Waals surface area contributed by atoms with E-state index in [1.807, 2.05) is 25.1 Å². The van der Waals surface area contributed by atoms with Crippen LogP contribution in [0.15, 0.2) is 24.4 Å². The summed E-state index contributed by atoms with van der Waals surface area (Å²) in [6.07, 6.45) is 2.27. The minimum atomic E-state index is -0.812. The van der Waals surface area contributed by atoms with Gasteiger partial charge in [-0.05, 0) is 31.0 Å². The average molecular weight is 290 g/mol. The second-order valence-electron chi connectivity index (χ2n) is 4.60. The lowest BCUT2D eigenvalue weighted by atomic mass is 10.1. The first-order valence-corrected chi connectivity index (χ1v) is 6.54. The summed E-state index contributed by atoms with van der Waals surface area (Å²) in [6.45, 7) is 1.92. The van der Waals surface area contributed by atoms with E-state index in [-0.39, 0.29) is 6.42 Å². The summed E-state index contributed by atoms with van der Waals surface area (Å²) in [5.74, 6) is 0.461. The van der Waals surface area contributed by atoms with Crippen molar-refractivity contribution in [1.29, 1.82) is 0 Å². The summed E-state index contributed by atoms with van der Waals surface area (Å²) in [7, 11) is 3.16. The molecule has 0 fully saturated rings. The Hall–Kier alpha value is -2.50. The number of aromatic nitrogens is 2. The third-order valence-corrected chi connectivity index (χ3v) is 3.33. The fraction of sp³-hybridized carbons (Fsp3) is 0.333. The minimum Gasteiger partial charge on any atom is -0.493 e. The molecule has 6 heteroatoms. The highest BCUT2D eigenvalue weighted by atomic mass is 16.5. The van der Waals surface area contributed by atoms with Crippen LogP contribution in [-0.4, -0.2) is 35.1 Å². The number of carboxylic acid groups (broad SMARTS) is 1. The summed E-state index contributed by atoms with van der Waals surface area (Å²) in [5, 5.41) is 13.1. The van der Waals surface area contributed by atoms with E-state index in [2.05, 4.69) is 5.10 Å². The molecule has 0 amide bonds. The molecule has 6 nitrogen and oxygen atoms in total. The lowest BCUT2D eigenvalue weighted by molar-refractivity contribution is -0.136. The molecular formula is C15H18N2O4. The summed E-state index contributed by atoms with van der Waals surface area (Å²) < 4.78 is 12.3. The normalized spacial score (nSPS) is 10.4. The topological polar surface area (TPSA) is 73.6 Å². The number of hydrogen-bond acceptors (Lipinski definition) is 4. The molecule has 21 heavy (non-hydrogen) atoms. The second kappa shape index (κ2) is 6.30. The van der Waals surface area contributed by atoms with Gasteiger partial charge in [-0.3, -0.25) is 4.79 Å². The standard InChI is InChI=1S/C15H18N2O4/c1-10-11(4-7-15(18)19)9-16-17(10)12-5-6-13(20-2)14(8-12)21-3/h5-6,8-9H,4,7H2,1-3H3,(H,18,19). The van der Waals surface area contributed by atoms with Gasteiger partial charge in [0.05, 0.1) is 26.1 Å². The number of aliphatic carboxylic acids is 1. The fourth-order valence-corrected chi connectivity index (χ4v) is 2.15. The van der Waals surface area contributed by atoms with Crippen molar-refractivity contribution < 1.29 is 19.4 Å². The minimum absolute atomic E-state index is 0.0957. The van der Waals surface area contributed by atoms with E-state index < -0.39 is 5.97 Å². The molecule has 1 aromatic carbocycles. The van der Waals surface area contributed by atoms with Crippen LogP contribution in [0.4, 0.5) is 0 Å². The number of carboxylic acids is 1. The van der Waals surface area contributed by atoms with Crippen molar-refractivity contribution in [2.45, 2.75) is 19.8 Å². The monoisotopic (exact) mass is 290 g/mol. The van der Waals surface area contributed by atoms with Gasteiger partial charge < -0.3 is 14.6 Å². The molecule has 0 atom stereocenters. The van der Waals surface area contributed by atoms with Gasteiger partial charge in [0, 0.05) is 18.2 Å². The molecule has 0 radical (unpaired) electrons. The highest BCUT2D eigenvalue weighted by molar-refractivity contribution is 5.67. The zero-order valence-electron chi connectivity index (χ0n) is 12.3. The van der Waals surface area contributed by atoms with Crippen molar-refractivity contribution in [2.24, 2.45) is 0 Å². The third kappa shape index (κ3) is 3.16. The number of methoxy groups -OCH3 is 2. The molecule has 0 saturated carbocycles. The predicted octanol–water partition coefficient (Wildman–Crippen LogP) is 2.22. The Morgan fingerprint density at radius 2 is 2.00 bits per heavy atom. The molecule has 0 spiro atoms. The van der Waals surface area contributed by atoms with Crippen LogP contribution in [0.3, 0.4) is 0 Å². The summed E-state index contributed by atoms with van der Waals surface area (Å²) in [6, 6.07) is 5.52. The van der Waals surface area contributed by atoms with E-state index in [1.165, 1.54) is 0 Å². The Bertz CT molecular complexity index is 649. The molecule has 112 valence electrons. The first kappa shape index (κ1) is 14.9. The molecule has 0 bridgehead atoms. The largest absolute Gasteiger partial charge is 0.493 e. The molecular weight excluding hydrogens is 272 g/mol. The van der Waals surface area contributed by atoms with Crippen molar-refractivity contribution in [1.82, 2.24) is 9.78 Å². The summed E-state index contributed by atoms with van der Waals surface area (Å²) in [5.41, 5.74) is 2.68. The Morgan fingerprint density at radius 1 is 1.29 bits per heavy atom. The molecule has 0 unspecified atom stereocenters. The van der Waals surface area contributed by atoms with Gasteiger partial charge in [-0.25, -0.2) is 4.68 Å².